The van der Waals surface area contributed by atoms with Gasteiger partial charge in [0.15, 0.2) is 5.82 Å². The zero-order chi connectivity index (χ0) is 23.4. The number of hydrogen-bond acceptors (Lipinski definition) is 3. The van der Waals surface area contributed by atoms with Crippen molar-refractivity contribution in [1.29, 1.82) is 0 Å². The van der Waals surface area contributed by atoms with Crippen LogP contribution in [0.15, 0.2) is 18.2 Å². The van der Waals surface area contributed by atoms with Gasteiger partial charge in [-0.15, -0.1) is 0 Å². The quantitative estimate of drug-likeness (QED) is 0.588. The number of aromatic nitrogens is 3. The second kappa shape index (κ2) is 8.56. The van der Waals surface area contributed by atoms with Gasteiger partial charge in [0, 0.05) is 43.5 Å². The number of imidazole rings is 1. The lowest BCUT2D eigenvalue weighted by molar-refractivity contribution is 0.0709. The van der Waals surface area contributed by atoms with Crippen LogP contribution in [0.4, 0.5) is 0 Å². The predicted octanol–water partition coefficient (Wildman–Crippen LogP) is 4.55. The highest BCUT2D eigenvalue weighted by Gasteiger charge is 2.29. The predicted molar refractivity (Wildman–Crippen MR) is 136 cm³/mol. The number of benzene rings is 1. The van der Waals surface area contributed by atoms with Gasteiger partial charge in [-0.05, 0) is 86.6 Å². The lowest BCUT2D eigenvalue weighted by atomic mass is 9.99. The van der Waals surface area contributed by atoms with Gasteiger partial charge in [-0.3, -0.25) is 4.79 Å². The van der Waals surface area contributed by atoms with E-state index < -0.39 is 0 Å². The lowest BCUT2D eigenvalue weighted by Crippen LogP contribution is -2.45. The van der Waals surface area contributed by atoms with Crippen LogP contribution in [0.2, 0.25) is 0 Å². The number of rotatable bonds is 6. The molecule has 1 saturated carbocycles. The van der Waals surface area contributed by atoms with Crippen LogP contribution in [0.5, 0.6) is 0 Å². The Bertz CT molecular complexity index is 1250. The molecule has 2 fully saturated rings. The molecule has 2 N–H and O–H groups in total. The van der Waals surface area contributed by atoms with E-state index in [0.29, 0.717) is 6.54 Å². The average Bonchev–Trinajstić information content (AvgIpc) is 3.50. The number of carbonyl (C=O) groups is 1. The lowest BCUT2D eigenvalue weighted by Gasteiger charge is -2.31. The molecule has 1 aliphatic carbocycles. The fourth-order valence-corrected chi connectivity index (χ4v) is 6.21. The monoisotopic (exact) mass is 459 g/mol. The molecule has 1 amide bonds. The van der Waals surface area contributed by atoms with Crippen molar-refractivity contribution in [2.75, 3.05) is 13.1 Å². The van der Waals surface area contributed by atoms with Crippen molar-refractivity contribution < 1.29 is 4.79 Å². The van der Waals surface area contributed by atoms with Crippen molar-refractivity contribution in [2.45, 2.75) is 84.3 Å². The summed E-state index contributed by atoms with van der Waals surface area (Å²) in [6, 6.07) is 6.64. The molecule has 6 nitrogen and oxygen atoms in total. The smallest absolute Gasteiger partial charge is 0.253 e. The third-order valence-electron chi connectivity index (χ3n) is 8.12. The molecule has 3 aliphatic rings. The number of aryl methyl sites for hydroxylation is 3. The normalized spacial score (nSPS) is 20.3. The third kappa shape index (κ3) is 3.67. The summed E-state index contributed by atoms with van der Waals surface area (Å²) in [5.74, 6) is 1.99. The second-order valence-corrected chi connectivity index (χ2v) is 10.6. The maximum absolute atomic E-state index is 13.4. The topological polar surface area (TPSA) is 69.1 Å². The molecule has 2 aliphatic heterocycles. The van der Waals surface area contributed by atoms with Crippen LogP contribution in [0.25, 0.3) is 22.6 Å². The summed E-state index contributed by atoms with van der Waals surface area (Å²) >= 11 is 0. The molecule has 34 heavy (non-hydrogen) atoms. The minimum Gasteiger partial charge on any atom is -0.342 e. The Hall–Kier alpha value is -2.60. The summed E-state index contributed by atoms with van der Waals surface area (Å²) in [5.41, 5.74) is 14.6. The Morgan fingerprint density at radius 2 is 1.94 bits per heavy atom. The van der Waals surface area contributed by atoms with Crippen molar-refractivity contribution in [3.8, 4) is 11.5 Å². The fraction of sp³-hybridized carbons (Fsp3) is 0.571. The molecule has 1 atom stereocenters. The molecular weight excluding hydrogens is 422 g/mol. The van der Waals surface area contributed by atoms with Gasteiger partial charge in [-0.2, -0.15) is 0 Å². The van der Waals surface area contributed by atoms with E-state index in [0.717, 1.165) is 81.0 Å². The molecule has 0 bridgehead atoms. The Morgan fingerprint density at radius 3 is 2.68 bits per heavy atom. The summed E-state index contributed by atoms with van der Waals surface area (Å²) < 4.78 is 4.99. The third-order valence-corrected chi connectivity index (χ3v) is 8.12. The Morgan fingerprint density at radius 1 is 1.09 bits per heavy atom. The Balaban J connectivity index is 1.46. The number of hydrogen-bond donors (Lipinski definition) is 1. The molecule has 1 saturated heterocycles. The molecule has 4 heterocycles. The van der Waals surface area contributed by atoms with E-state index in [4.69, 9.17) is 10.7 Å². The molecule has 6 heteroatoms. The van der Waals surface area contributed by atoms with Gasteiger partial charge in [0.2, 0.25) is 0 Å². The molecular formula is C28H37N5O. The second-order valence-electron chi connectivity index (χ2n) is 10.6. The Kier molecular flexibility index (Phi) is 5.51. The zero-order valence-electron chi connectivity index (χ0n) is 20.6. The van der Waals surface area contributed by atoms with Crippen LogP contribution >= 0.6 is 0 Å². The van der Waals surface area contributed by atoms with Gasteiger partial charge in [-0.1, -0.05) is 13.8 Å². The maximum atomic E-state index is 13.4. The minimum absolute atomic E-state index is 0.0883. The number of nitrogens with zero attached hydrogens (tertiary/aromatic N) is 4. The van der Waals surface area contributed by atoms with E-state index >= 15 is 0 Å². The first-order valence-electron chi connectivity index (χ1n) is 13.4. The number of carbonyl (C=O) groups excluding carboxylic acids is 1. The van der Waals surface area contributed by atoms with Crippen LogP contribution in [0, 0.1) is 5.92 Å². The first-order valence-corrected chi connectivity index (χ1v) is 13.4. The van der Waals surface area contributed by atoms with Crippen molar-refractivity contribution in [2.24, 2.45) is 11.7 Å². The van der Waals surface area contributed by atoms with Crippen LogP contribution in [-0.4, -0.2) is 44.1 Å². The van der Waals surface area contributed by atoms with Gasteiger partial charge in [0.25, 0.3) is 5.91 Å². The first-order chi connectivity index (χ1) is 16.6. The van der Waals surface area contributed by atoms with E-state index in [-0.39, 0.29) is 11.9 Å². The molecule has 180 valence electrons. The van der Waals surface area contributed by atoms with Crippen LogP contribution in [0.1, 0.15) is 73.1 Å². The highest BCUT2D eigenvalue weighted by molar-refractivity contribution is 5.99. The molecule has 0 radical (unpaired) electrons. The van der Waals surface area contributed by atoms with E-state index in [2.05, 4.69) is 35.1 Å². The van der Waals surface area contributed by atoms with Crippen LogP contribution in [-0.2, 0) is 32.4 Å². The number of amides is 1. The molecule has 2 aromatic heterocycles. The van der Waals surface area contributed by atoms with E-state index in [1.807, 2.05) is 11.0 Å². The summed E-state index contributed by atoms with van der Waals surface area (Å²) in [4.78, 5) is 20.5. The van der Waals surface area contributed by atoms with Crippen LogP contribution in [0.3, 0.4) is 0 Å². The molecule has 3 aromatic rings. The highest BCUT2D eigenvalue weighted by Crippen LogP contribution is 2.38. The van der Waals surface area contributed by atoms with Crippen molar-refractivity contribution in [3.05, 3.63) is 40.6 Å². The van der Waals surface area contributed by atoms with Gasteiger partial charge >= 0.3 is 0 Å². The molecule has 1 unspecified atom stereocenters. The number of likely N-dealkylation sites (tertiary alicyclic amines) is 1. The SMILES string of the molecule is CCc1cc(-c2nc3cc(C(=O)N4CCCC(N)C4)cc4c3n2CCC4)n(CC2CC2)c1CC. The van der Waals surface area contributed by atoms with Gasteiger partial charge in [0.05, 0.1) is 16.7 Å². The molecule has 6 rings (SSSR count). The van der Waals surface area contributed by atoms with Crippen molar-refractivity contribution in [1.82, 2.24) is 19.0 Å². The van der Waals surface area contributed by atoms with E-state index in [1.165, 1.54) is 40.9 Å². The number of piperidine rings is 1. The minimum atomic E-state index is 0.0883. The fourth-order valence-electron chi connectivity index (χ4n) is 6.21. The van der Waals surface area contributed by atoms with Crippen molar-refractivity contribution in [3.63, 3.8) is 0 Å². The summed E-state index contributed by atoms with van der Waals surface area (Å²) in [6.45, 7) is 8.08. The Labute approximate surface area is 202 Å². The van der Waals surface area contributed by atoms with E-state index in [9.17, 15) is 4.79 Å². The maximum Gasteiger partial charge on any atom is 0.253 e. The van der Waals surface area contributed by atoms with Gasteiger partial charge in [-0.25, -0.2) is 4.98 Å². The van der Waals surface area contributed by atoms with E-state index in [1.54, 1.807) is 0 Å². The van der Waals surface area contributed by atoms with Gasteiger partial charge < -0.3 is 19.8 Å². The zero-order valence-corrected chi connectivity index (χ0v) is 20.6. The van der Waals surface area contributed by atoms with Gasteiger partial charge in [0.1, 0.15) is 0 Å². The molecule has 1 aromatic carbocycles. The largest absolute Gasteiger partial charge is 0.342 e. The standard InChI is InChI=1S/C28H37N5O/c1-3-19-15-25(33(24(19)4-2)16-18-9-10-18)27-30-23-14-21(13-20-7-5-12-32(27)26(20)23)28(34)31-11-6-8-22(29)17-31/h13-15,18,22H,3-12,16-17,29H2,1-2H3. The first kappa shape index (κ1) is 21.9. The summed E-state index contributed by atoms with van der Waals surface area (Å²) in [6.07, 6.45) is 8.87. The number of nitrogens with two attached hydrogens (primary N) is 1. The highest BCUT2D eigenvalue weighted by atomic mass is 16.2. The van der Waals surface area contributed by atoms with Crippen LogP contribution < -0.4 is 5.73 Å². The summed E-state index contributed by atoms with van der Waals surface area (Å²) in [7, 11) is 0. The molecule has 0 spiro atoms. The summed E-state index contributed by atoms with van der Waals surface area (Å²) in [5, 5.41) is 0. The van der Waals surface area contributed by atoms with Crippen molar-refractivity contribution >= 4 is 16.9 Å². The average molecular weight is 460 g/mol.